The molecule has 0 spiro atoms. The highest BCUT2D eigenvalue weighted by Gasteiger charge is 2.66. The number of carbonyl (C=O) groups excluding carboxylic acids is 2. The molecule has 2 aromatic rings. The van der Waals surface area contributed by atoms with Gasteiger partial charge in [-0.2, -0.15) is 0 Å². The van der Waals surface area contributed by atoms with Crippen LogP contribution in [-0.2, 0) is 19.1 Å². The van der Waals surface area contributed by atoms with Crippen LogP contribution < -0.4 is 9.47 Å². The summed E-state index contributed by atoms with van der Waals surface area (Å²) in [5, 5.41) is 0. The molecule has 0 N–H and O–H groups in total. The molecular formula is C28H38O6. The fourth-order valence-corrected chi connectivity index (χ4v) is 3.68. The molecule has 0 fully saturated rings. The first-order chi connectivity index (χ1) is 16.2. The number of carbonyl (C=O) groups is 2. The van der Waals surface area contributed by atoms with E-state index in [9.17, 15) is 9.59 Å². The van der Waals surface area contributed by atoms with Gasteiger partial charge >= 0.3 is 11.9 Å². The first kappa shape index (κ1) is 27.2. The fraction of sp³-hybridized carbons (Fsp3) is 0.500. The number of ether oxygens (including phenoxy) is 4. The Bertz CT molecular complexity index is 820. The predicted molar refractivity (Wildman–Crippen MR) is 132 cm³/mol. The molecule has 0 aliphatic carbocycles. The molecule has 6 nitrogen and oxygen atoms in total. The van der Waals surface area contributed by atoms with Gasteiger partial charge in [0.15, 0.2) is 0 Å². The van der Waals surface area contributed by atoms with E-state index in [4.69, 9.17) is 18.9 Å². The van der Waals surface area contributed by atoms with Crippen LogP contribution in [-0.4, -0.2) is 36.4 Å². The lowest BCUT2D eigenvalue weighted by molar-refractivity contribution is -0.205. The third-order valence-corrected chi connectivity index (χ3v) is 5.47. The molecule has 0 radical (unpaired) electrons. The number of para-hydroxylation sites is 2. The van der Waals surface area contributed by atoms with Crippen LogP contribution >= 0.6 is 0 Å². The minimum atomic E-state index is -1.79. The molecule has 2 unspecified atom stereocenters. The van der Waals surface area contributed by atoms with Gasteiger partial charge in [0.25, 0.3) is 11.2 Å². The van der Waals surface area contributed by atoms with Gasteiger partial charge in [-0.25, -0.2) is 9.59 Å². The molecule has 0 bridgehead atoms. The Morgan fingerprint density at radius 3 is 1.24 bits per heavy atom. The summed E-state index contributed by atoms with van der Waals surface area (Å²) < 4.78 is 24.2. The lowest BCUT2D eigenvalue weighted by atomic mass is 9.77. The highest BCUT2D eigenvalue weighted by atomic mass is 16.6. The summed E-state index contributed by atoms with van der Waals surface area (Å²) in [6.45, 7) is 11.7. The number of rotatable bonds is 13. The minimum absolute atomic E-state index is 0.106. The highest BCUT2D eigenvalue weighted by molar-refractivity contribution is 5.93. The zero-order valence-electron chi connectivity index (χ0n) is 21.2. The van der Waals surface area contributed by atoms with Crippen molar-refractivity contribution in [2.24, 2.45) is 11.8 Å². The van der Waals surface area contributed by atoms with E-state index in [1.165, 1.54) is 0 Å². The van der Waals surface area contributed by atoms with Crippen molar-refractivity contribution in [3.05, 3.63) is 60.7 Å². The van der Waals surface area contributed by atoms with Crippen molar-refractivity contribution >= 4 is 11.9 Å². The lowest BCUT2D eigenvalue weighted by Gasteiger charge is -2.45. The highest BCUT2D eigenvalue weighted by Crippen LogP contribution is 2.40. The van der Waals surface area contributed by atoms with Gasteiger partial charge < -0.3 is 18.9 Å². The second-order valence-corrected chi connectivity index (χ2v) is 9.18. The molecule has 2 atom stereocenters. The molecule has 0 aliphatic rings. The average molecular weight is 471 g/mol. The van der Waals surface area contributed by atoms with Gasteiger partial charge in [0.2, 0.25) is 0 Å². The van der Waals surface area contributed by atoms with Crippen LogP contribution in [0.5, 0.6) is 11.5 Å². The monoisotopic (exact) mass is 470 g/mol. The van der Waals surface area contributed by atoms with Crippen LogP contribution in [0.15, 0.2) is 60.7 Å². The van der Waals surface area contributed by atoms with E-state index >= 15 is 0 Å². The first-order valence-electron chi connectivity index (χ1n) is 12.0. The van der Waals surface area contributed by atoms with Crippen LogP contribution in [0.3, 0.4) is 0 Å². The number of esters is 2. The summed E-state index contributed by atoms with van der Waals surface area (Å²) in [6, 6.07) is 17.9. The Labute approximate surface area is 203 Å². The molecule has 6 heteroatoms. The number of hydrogen-bond donors (Lipinski definition) is 0. The minimum Gasteiger partial charge on any atom is -0.471 e. The molecule has 0 heterocycles. The maximum Gasteiger partial charge on any atom is 0.355 e. The van der Waals surface area contributed by atoms with Crippen LogP contribution in [0.2, 0.25) is 0 Å². The molecule has 186 valence electrons. The smallest absolute Gasteiger partial charge is 0.355 e. The van der Waals surface area contributed by atoms with Crippen molar-refractivity contribution in [3.63, 3.8) is 0 Å². The van der Waals surface area contributed by atoms with Crippen LogP contribution in [0.25, 0.3) is 0 Å². The Morgan fingerprint density at radius 2 is 0.971 bits per heavy atom. The quantitative estimate of drug-likeness (QED) is 0.343. The van der Waals surface area contributed by atoms with Crippen molar-refractivity contribution in [1.82, 2.24) is 0 Å². The SMILES string of the molecule is CCC(Oc1ccccc1)(C(=O)OCC(C)C)C(CC)(Oc1ccccc1)C(=O)OCC(C)C. The molecule has 0 amide bonds. The average Bonchev–Trinajstić information content (AvgIpc) is 2.84. The van der Waals surface area contributed by atoms with Gasteiger partial charge in [-0.05, 0) is 36.1 Å². The summed E-state index contributed by atoms with van der Waals surface area (Å²) >= 11 is 0. The van der Waals surface area contributed by atoms with Gasteiger partial charge in [0.1, 0.15) is 11.5 Å². The number of benzene rings is 2. The zero-order valence-corrected chi connectivity index (χ0v) is 21.2. The molecule has 0 saturated carbocycles. The van der Waals surface area contributed by atoms with E-state index in [-0.39, 0.29) is 37.9 Å². The maximum absolute atomic E-state index is 13.8. The lowest BCUT2D eigenvalue weighted by Crippen LogP contribution is -2.70. The van der Waals surface area contributed by atoms with E-state index in [0.29, 0.717) is 11.5 Å². The van der Waals surface area contributed by atoms with Gasteiger partial charge in [-0.3, -0.25) is 0 Å². The van der Waals surface area contributed by atoms with Gasteiger partial charge in [0.05, 0.1) is 13.2 Å². The standard InChI is InChI=1S/C28H38O6/c1-7-27(25(29)31-19-21(3)4,33-23-15-11-9-12-16-23)28(8-2,26(30)32-20-22(5)6)34-24-17-13-10-14-18-24/h9-18,21-22H,7-8,19-20H2,1-6H3. The van der Waals surface area contributed by atoms with Crippen molar-refractivity contribution in [2.75, 3.05) is 13.2 Å². The van der Waals surface area contributed by atoms with Crippen molar-refractivity contribution in [3.8, 4) is 11.5 Å². The summed E-state index contributed by atoms with van der Waals surface area (Å²) in [5.41, 5.74) is -3.58. The topological polar surface area (TPSA) is 71.1 Å². The van der Waals surface area contributed by atoms with Gasteiger partial charge in [0, 0.05) is 12.8 Å². The first-order valence-corrected chi connectivity index (χ1v) is 12.0. The Kier molecular flexibility index (Phi) is 9.97. The number of hydrogen-bond acceptors (Lipinski definition) is 6. The summed E-state index contributed by atoms with van der Waals surface area (Å²) in [4.78, 5) is 27.6. The maximum atomic E-state index is 13.8. The van der Waals surface area contributed by atoms with E-state index in [2.05, 4.69) is 0 Å². The van der Waals surface area contributed by atoms with Crippen LogP contribution in [0.1, 0.15) is 54.4 Å². The predicted octanol–water partition coefficient (Wildman–Crippen LogP) is 5.84. The van der Waals surface area contributed by atoms with Crippen LogP contribution in [0.4, 0.5) is 0 Å². The third-order valence-electron chi connectivity index (χ3n) is 5.47. The largest absolute Gasteiger partial charge is 0.471 e. The Hall–Kier alpha value is -3.02. The van der Waals surface area contributed by atoms with Crippen LogP contribution in [0, 0.1) is 11.8 Å². The molecule has 0 aliphatic heterocycles. The summed E-state index contributed by atoms with van der Waals surface area (Å²) in [5.74, 6) is -0.254. The molecule has 0 aromatic heterocycles. The third kappa shape index (κ3) is 6.31. The van der Waals surface area contributed by atoms with Crippen molar-refractivity contribution in [2.45, 2.75) is 65.6 Å². The Balaban J connectivity index is 2.70. The molecular weight excluding hydrogens is 432 g/mol. The summed E-state index contributed by atoms with van der Waals surface area (Å²) in [7, 11) is 0. The molecule has 0 saturated heterocycles. The Morgan fingerprint density at radius 1 is 0.647 bits per heavy atom. The van der Waals surface area contributed by atoms with Gasteiger partial charge in [-0.1, -0.05) is 77.9 Å². The van der Waals surface area contributed by atoms with E-state index in [0.717, 1.165) is 0 Å². The molecule has 34 heavy (non-hydrogen) atoms. The van der Waals surface area contributed by atoms with E-state index < -0.39 is 23.1 Å². The normalized spacial score (nSPS) is 14.7. The second kappa shape index (κ2) is 12.4. The van der Waals surface area contributed by atoms with E-state index in [1.54, 1.807) is 62.4 Å². The fourth-order valence-electron chi connectivity index (χ4n) is 3.68. The molecule has 2 rings (SSSR count). The second-order valence-electron chi connectivity index (χ2n) is 9.18. The zero-order chi connectivity index (χ0) is 25.2. The van der Waals surface area contributed by atoms with E-state index in [1.807, 2.05) is 39.8 Å². The summed E-state index contributed by atoms with van der Waals surface area (Å²) in [6.07, 6.45) is 0.243. The van der Waals surface area contributed by atoms with Gasteiger partial charge in [-0.15, -0.1) is 0 Å². The van der Waals surface area contributed by atoms with Crippen molar-refractivity contribution in [1.29, 1.82) is 0 Å². The molecule has 2 aromatic carbocycles. The van der Waals surface area contributed by atoms with Crippen molar-refractivity contribution < 1.29 is 28.5 Å².